The van der Waals surface area contributed by atoms with Gasteiger partial charge in [0.15, 0.2) is 0 Å². The van der Waals surface area contributed by atoms with Crippen LogP contribution in [0.1, 0.15) is 20.3 Å². The number of hydrogen-bond donors (Lipinski definition) is 0. The highest BCUT2D eigenvalue weighted by atomic mass is 35.5. The van der Waals surface area contributed by atoms with Crippen LogP contribution in [-0.2, 0) is 0 Å². The number of rotatable bonds is 3. The second-order valence-corrected chi connectivity index (χ2v) is 3.23. The Labute approximate surface area is 78.3 Å². The molecule has 0 unspecified atom stereocenters. The van der Waals surface area contributed by atoms with Gasteiger partial charge in [0.25, 0.3) is 0 Å². The molecular weight excluding hydrogens is 172 g/mol. The van der Waals surface area contributed by atoms with Gasteiger partial charge in [0, 0.05) is 5.02 Å². The van der Waals surface area contributed by atoms with E-state index in [4.69, 9.17) is 16.3 Å². The molecule has 0 spiro atoms. The van der Waals surface area contributed by atoms with E-state index < -0.39 is 0 Å². The molecule has 0 radical (unpaired) electrons. The Balaban J connectivity index is 2.58. The molecule has 0 fully saturated rings. The van der Waals surface area contributed by atoms with E-state index in [0.29, 0.717) is 0 Å². The Kier molecular flexibility index (Phi) is 3.42. The van der Waals surface area contributed by atoms with E-state index in [1.54, 1.807) is 0 Å². The van der Waals surface area contributed by atoms with Crippen LogP contribution < -0.4 is 4.74 Å². The van der Waals surface area contributed by atoms with Crippen molar-refractivity contribution in [3.8, 4) is 5.75 Å². The highest BCUT2D eigenvalue weighted by Gasteiger charge is 1.99. The van der Waals surface area contributed by atoms with Crippen molar-refractivity contribution in [2.45, 2.75) is 26.4 Å². The van der Waals surface area contributed by atoms with E-state index in [2.05, 4.69) is 13.8 Å². The first-order chi connectivity index (χ1) is 5.72. The third-order valence-corrected chi connectivity index (χ3v) is 1.98. The highest BCUT2D eigenvalue weighted by Crippen LogP contribution is 2.17. The molecule has 0 amide bonds. The lowest BCUT2D eigenvalue weighted by Gasteiger charge is -2.11. The molecule has 12 heavy (non-hydrogen) atoms. The van der Waals surface area contributed by atoms with Gasteiger partial charge in [-0.15, -0.1) is 0 Å². The van der Waals surface area contributed by atoms with E-state index in [0.717, 1.165) is 17.2 Å². The van der Waals surface area contributed by atoms with Gasteiger partial charge in [0.1, 0.15) is 5.75 Å². The van der Waals surface area contributed by atoms with Crippen LogP contribution in [0.2, 0.25) is 5.02 Å². The average molecular weight is 185 g/mol. The third kappa shape index (κ3) is 2.74. The van der Waals surface area contributed by atoms with E-state index in [1.165, 1.54) is 0 Å². The van der Waals surface area contributed by atoms with E-state index >= 15 is 0 Å². The molecule has 1 aromatic rings. The maximum absolute atomic E-state index is 5.73. The minimum absolute atomic E-state index is 0.270. The van der Waals surface area contributed by atoms with Gasteiger partial charge < -0.3 is 4.74 Å². The van der Waals surface area contributed by atoms with Gasteiger partial charge in [0.2, 0.25) is 0 Å². The minimum Gasteiger partial charge on any atom is -0.491 e. The van der Waals surface area contributed by atoms with Crippen molar-refractivity contribution in [2.24, 2.45) is 0 Å². The second-order valence-electron chi connectivity index (χ2n) is 2.79. The van der Waals surface area contributed by atoms with Gasteiger partial charge in [-0.2, -0.15) is 0 Å². The monoisotopic (exact) mass is 184 g/mol. The summed E-state index contributed by atoms with van der Waals surface area (Å²) in [6.45, 7) is 4.15. The smallest absolute Gasteiger partial charge is 0.119 e. The maximum atomic E-state index is 5.73. The molecule has 0 aliphatic carbocycles. The zero-order valence-electron chi connectivity index (χ0n) is 7.38. The summed E-state index contributed by atoms with van der Waals surface area (Å²) in [5.74, 6) is 0.883. The van der Waals surface area contributed by atoms with E-state index in [9.17, 15) is 0 Å². The van der Waals surface area contributed by atoms with Crippen molar-refractivity contribution in [1.82, 2.24) is 0 Å². The van der Waals surface area contributed by atoms with Crippen LogP contribution >= 0.6 is 11.6 Å². The number of hydrogen-bond acceptors (Lipinski definition) is 1. The van der Waals surface area contributed by atoms with Crippen LogP contribution in [0.5, 0.6) is 5.75 Å². The average Bonchev–Trinajstić information content (AvgIpc) is 2.09. The summed E-state index contributed by atoms with van der Waals surface area (Å²) in [7, 11) is 0. The van der Waals surface area contributed by atoms with Crippen molar-refractivity contribution in [3.63, 3.8) is 0 Å². The van der Waals surface area contributed by atoms with E-state index in [1.807, 2.05) is 24.3 Å². The zero-order chi connectivity index (χ0) is 8.97. The first-order valence-corrected chi connectivity index (χ1v) is 4.52. The molecule has 0 heterocycles. The normalized spacial score (nSPS) is 12.6. The standard InChI is InChI=1S/C10H13ClO/c1-3-8(2)12-10-6-4-9(11)5-7-10/h4-8H,3H2,1-2H3/t8-/m0/s1. The van der Waals surface area contributed by atoms with Crippen LogP contribution in [0.15, 0.2) is 24.3 Å². The van der Waals surface area contributed by atoms with Gasteiger partial charge in [-0.3, -0.25) is 0 Å². The van der Waals surface area contributed by atoms with Crippen molar-refractivity contribution >= 4 is 11.6 Å². The van der Waals surface area contributed by atoms with Gasteiger partial charge in [-0.05, 0) is 37.6 Å². The van der Waals surface area contributed by atoms with Crippen LogP contribution in [0.4, 0.5) is 0 Å². The van der Waals surface area contributed by atoms with Crippen LogP contribution in [-0.4, -0.2) is 6.10 Å². The van der Waals surface area contributed by atoms with Crippen molar-refractivity contribution in [1.29, 1.82) is 0 Å². The third-order valence-electron chi connectivity index (χ3n) is 1.73. The largest absolute Gasteiger partial charge is 0.491 e. The Morgan fingerprint density at radius 2 is 1.92 bits per heavy atom. The molecule has 1 aromatic carbocycles. The van der Waals surface area contributed by atoms with Gasteiger partial charge in [-0.1, -0.05) is 18.5 Å². The SMILES string of the molecule is CC[C@H](C)Oc1ccc(Cl)cc1. The summed E-state index contributed by atoms with van der Waals surface area (Å²) in [5.41, 5.74) is 0. The van der Waals surface area contributed by atoms with Crippen molar-refractivity contribution < 1.29 is 4.74 Å². The summed E-state index contributed by atoms with van der Waals surface area (Å²) >= 11 is 5.73. The lowest BCUT2D eigenvalue weighted by molar-refractivity contribution is 0.217. The fourth-order valence-corrected chi connectivity index (χ4v) is 0.955. The highest BCUT2D eigenvalue weighted by molar-refractivity contribution is 6.30. The molecule has 0 aliphatic rings. The number of benzene rings is 1. The first-order valence-electron chi connectivity index (χ1n) is 4.14. The quantitative estimate of drug-likeness (QED) is 0.699. The molecule has 1 atom stereocenters. The fraction of sp³-hybridized carbons (Fsp3) is 0.400. The predicted octanol–water partition coefficient (Wildman–Crippen LogP) is 3.52. The van der Waals surface area contributed by atoms with E-state index in [-0.39, 0.29) is 6.10 Å². The van der Waals surface area contributed by atoms with Crippen LogP contribution in [0.3, 0.4) is 0 Å². The summed E-state index contributed by atoms with van der Waals surface area (Å²) < 4.78 is 5.56. The fourth-order valence-electron chi connectivity index (χ4n) is 0.829. The number of ether oxygens (including phenoxy) is 1. The Hall–Kier alpha value is -0.690. The summed E-state index contributed by atoms with van der Waals surface area (Å²) in [6.07, 6.45) is 1.29. The molecule has 66 valence electrons. The van der Waals surface area contributed by atoms with Crippen LogP contribution in [0, 0.1) is 0 Å². The first kappa shape index (κ1) is 9.40. The zero-order valence-corrected chi connectivity index (χ0v) is 8.14. The molecule has 0 saturated heterocycles. The van der Waals surface area contributed by atoms with Crippen LogP contribution in [0.25, 0.3) is 0 Å². The molecule has 2 heteroatoms. The molecule has 0 aromatic heterocycles. The summed E-state index contributed by atoms with van der Waals surface area (Å²) in [6, 6.07) is 7.43. The molecule has 0 saturated carbocycles. The topological polar surface area (TPSA) is 9.23 Å². The molecule has 0 aliphatic heterocycles. The molecule has 1 nitrogen and oxygen atoms in total. The molecule has 1 rings (SSSR count). The Morgan fingerprint density at radius 1 is 1.33 bits per heavy atom. The van der Waals surface area contributed by atoms with Gasteiger partial charge >= 0.3 is 0 Å². The second kappa shape index (κ2) is 4.36. The Bertz CT molecular complexity index is 230. The van der Waals surface area contributed by atoms with Gasteiger partial charge in [-0.25, -0.2) is 0 Å². The van der Waals surface area contributed by atoms with Crippen molar-refractivity contribution in [3.05, 3.63) is 29.3 Å². The summed E-state index contributed by atoms with van der Waals surface area (Å²) in [4.78, 5) is 0. The molecule has 0 bridgehead atoms. The number of halogens is 1. The molecular formula is C10H13ClO. The Morgan fingerprint density at radius 3 is 2.42 bits per heavy atom. The predicted molar refractivity (Wildman–Crippen MR) is 51.8 cm³/mol. The van der Waals surface area contributed by atoms with Gasteiger partial charge in [0.05, 0.1) is 6.10 Å². The minimum atomic E-state index is 0.270. The maximum Gasteiger partial charge on any atom is 0.119 e. The lowest BCUT2D eigenvalue weighted by atomic mass is 10.3. The van der Waals surface area contributed by atoms with Crippen molar-refractivity contribution in [2.75, 3.05) is 0 Å². The molecule has 0 N–H and O–H groups in total. The summed E-state index contributed by atoms with van der Waals surface area (Å²) in [5, 5.41) is 0.742. The lowest BCUT2D eigenvalue weighted by Crippen LogP contribution is -2.09.